The van der Waals surface area contributed by atoms with Crippen LogP contribution in [0, 0.1) is 17.0 Å². The molecule has 0 amide bonds. The molecule has 0 radical (unpaired) electrons. The molecule has 0 aromatic heterocycles. The highest BCUT2D eigenvalue weighted by Gasteiger charge is 2.19. The van der Waals surface area contributed by atoms with E-state index in [2.05, 4.69) is 0 Å². The second kappa shape index (κ2) is 6.11. The van der Waals surface area contributed by atoms with E-state index in [-0.39, 0.29) is 17.5 Å². The number of para-hydroxylation sites is 1. The minimum atomic E-state index is -0.480. The Labute approximate surface area is 127 Å². The zero-order valence-corrected chi connectivity index (χ0v) is 12.4. The Morgan fingerprint density at radius 3 is 2.62 bits per heavy atom. The van der Waals surface area contributed by atoms with Gasteiger partial charge < -0.3 is 10.5 Å². The summed E-state index contributed by atoms with van der Waals surface area (Å²) in [6.07, 6.45) is 0. The van der Waals surface area contributed by atoms with Crippen LogP contribution in [0.15, 0.2) is 36.4 Å². The lowest BCUT2D eigenvalue weighted by molar-refractivity contribution is -0.385. The predicted octanol–water partition coefficient (Wildman–Crippen LogP) is 4.37. The van der Waals surface area contributed by atoms with Crippen molar-refractivity contribution < 1.29 is 9.66 Å². The molecule has 21 heavy (non-hydrogen) atoms. The maximum absolute atomic E-state index is 11.1. The molecule has 0 aliphatic heterocycles. The van der Waals surface area contributed by atoms with Crippen molar-refractivity contribution in [1.29, 1.82) is 0 Å². The van der Waals surface area contributed by atoms with Gasteiger partial charge >= 0.3 is 5.69 Å². The van der Waals surface area contributed by atoms with Crippen molar-refractivity contribution in [3.63, 3.8) is 0 Å². The van der Waals surface area contributed by atoms with Crippen LogP contribution in [-0.4, -0.2) is 4.92 Å². The average Bonchev–Trinajstić information content (AvgIpc) is 2.42. The summed E-state index contributed by atoms with van der Waals surface area (Å²) in [5.74, 6) is 0.552. The van der Waals surface area contributed by atoms with Gasteiger partial charge in [-0.05, 0) is 37.1 Å². The third kappa shape index (κ3) is 3.32. The van der Waals surface area contributed by atoms with Crippen molar-refractivity contribution in [1.82, 2.24) is 0 Å². The number of hydrogen-bond donors (Lipinski definition) is 1. The lowest BCUT2D eigenvalue weighted by atomic mass is 10.1. The number of nitro groups is 1. The second-order valence-corrected chi connectivity index (χ2v) is 5.17. The molecule has 0 aliphatic rings. The van der Waals surface area contributed by atoms with Gasteiger partial charge in [-0.1, -0.05) is 29.8 Å². The van der Waals surface area contributed by atoms with Crippen LogP contribution in [0.1, 0.15) is 24.1 Å². The van der Waals surface area contributed by atoms with Crippen molar-refractivity contribution in [2.75, 3.05) is 0 Å². The van der Waals surface area contributed by atoms with E-state index in [1.807, 2.05) is 6.92 Å². The van der Waals surface area contributed by atoms with Gasteiger partial charge in [0.1, 0.15) is 5.75 Å². The molecule has 0 bridgehead atoms. The highest BCUT2D eigenvalue weighted by molar-refractivity contribution is 6.32. The van der Waals surface area contributed by atoms with E-state index in [1.165, 1.54) is 6.07 Å². The number of rotatable bonds is 4. The first-order valence-corrected chi connectivity index (χ1v) is 6.75. The van der Waals surface area contributed by atoms with E-state index in [4.69, 9.17) is 22.1 Å². The number of halogens is 1. The quantitative estimate of drug-likeness (QED) is 0.672. The van der Waals surface area contributed by atoms with E-state index in [1.54, 1.807) is 37.3 Å². The van der Waals surface area contributed by atoms with Gasteiger partial charge in [-0.3, -0.25) is 10.1 Å². The summed E-state index contributed by atoms with van der Waals surface area (Å²) in [5.41, 5.74) is 7.22. The van der Waals surface area contributed by atoms with Gasteiger partial charge in [0.2, 0.25) is 5.75 Å². The first-order chi connectivity index (χ1) is 9.90. The van der Waals surface area contributed by atoms with Crippen LogP contribution >= 0.6 is 11.6 Å². The Morgan fingerprint density at radius 1 is 1.33 bits per heavy atom. The Kier molecular flexibility index (Phi) is 4.45. The molecule has 2 N–H and O–H groups in total. The summed E-state index contributed by atoms with van der Waals surface area (Å²) in [5, 5.41) is 11.4. The van der Waals surface area contributed by atoms with Gasteiger partial charge in [0, 0.05) is 12.1 Å². The van der Waals surface area contributed by atoms with E-state index < -0.39 is 4.92 Å². The number of nitrogens with two attached hydrogens (primary N) is 1. The molecule has 5 nitrogen and oxygen atoms in total. The second-order valence-electron chi connectivity index (χ2n) is 4.76. The van der Waals surface area contributed by atoms with Crippen LogP contribution in [0.5, 0.6) is 11.5 Å². The van der Waals surface area contributed by atoms with E-state index in [9.17, 15) is 10.1 Å². The van der Waals surface area contributed by atoms with Gasteiger partial charge in [-0.15, -0.1) is 0 Å². The van der Waals surface area contributed by atoms with E-state index >= 15 is 0 Å². The number of benzene rings is 2. The average molecular weight is 307 g/mol. The van der Waals surface area contributed by atoms with Crippen LogP contribution in [0.25, 0.3) is 0 Å². The summed E-state index contributed by atoms with van der Waals surface area (Å²) in [6, 6.07) is 9.75. The smallest absolute Gasteiger partial charge is 0.311 e. The fourth-order valence-electron chi connectivity index (χ4n) is 1.91. The van der Waals surface area contributed by atoms with Crippen molar-refractivity contribution in [2.24, 2.45) is 5.73 Å². The van der Waals surface area contributed by atoms with Crippen LogP contribution in [0.4, 0.5) is 5.69 Å². The number of hydrogen-bond acceptors (Lipinski definition) is 4. The van der Waals surface area contributed by atoms with E-state index in [0.29, 0.717) is 16.3 Å². The largest absolute Gasteiger partial charge is 0.448 e. The molecule has 1 atom stereocenters. The standard InChI is InChI=1S/C15H15ClN2O3/c1-9-4-3-5-13(18(19)20)15(9)21-14-7-6-11(10(2)17)8-12(14)16/h3-8,10H,17H2,1-2H3/t10-/m1/s1. The zero-order chi connectivity index (χ0) is 15.6. The third-order valence-corrected chi connectivity index (χ3v) is 3.38. The first kappa shape index (κ1) is 15.3. The fraction of sp³-hybridized carbons (Fsp3) is 0.200. The summed E-state index contributed by atoms with van der Waals surface area (Å²) in [6.45, 7) is 3.59. The van der Waals surface area contributed by atoms with Gasteiger partial charge in [0.05, 0.1) is 9.95 Å². The zero-order valence-electron chi connectivity index (χ0n) is 11.7. The minimum absolute atomic E-state index is 0.0951. The molecule has 0 unspecified atom stereocenters. The predicted molar refractivity (Wildman–Crippen MR) is 82.0 cm³/mol. The molecule has 110 valence electrons. The fourth-order valence-corrected chi connectivity index (χ4v) is 2.13. The summed E-state index contributed by atoms with van der Waals surface area (Å²) in [4.78, 5) is 10.6. The summed E-state index contributed by atoms with van der Waals surface area (Å²) >= 11 is 6.16. The Bertz CT molecular complexity index is 687. The Hall–Kier alpha value is -2.11. The number of aryl methyl sites for hydroxylation is 1. The molecule has 2 rings (SSSR count). The highest BCUT2D eigenvalue weighted by atomic mass is 35.5. The maximum atomic E-state index is 11.1. The maximum Gasteiger partial charge on any atom is 0.311 e. The summed E-state index contributed by atoms with van der Waals surface area (Å²) < 4.78 is 5.65. The Morgan fingerprint density at radius 2 is 2.05 bits per heavy atom. The number of nitro benzene ring substituents is 1. The van der Waals surface area contributed by atoms with Crippen LogP contribution in [-0.2, 0) is 0 Å². The third-order valence-electron chi connectivity index (χ3n) is 3.08. The molecule has 0 heterocycles. The molecule has 0 saturated carbocycles. The summed E-state index contributed by atoms with van der Waals surface area (Å²) in [7, 11) is 0. The molecule has 0 fully saturated rings. The molecular weight excluding hydrogens is 292 g/mol. The van der Waals surface area contributed by atoms with Crippen molar-refractivity contribution in [3.05, 3.63) is 62.7 Å². The minimum Gasteiger partial charge on any atom is -0.448 e. The van der Waals surface area contributed by atoms with Crippen molar-refractivity contribution in [3.8, 4) is 11.5 Å². The lowest BCUT2D eigenvalue weighted by Crippen LogP contribution is -2.04. The Balaban J connectivity index is 2.41. The molecule has 0 saturated heterocycles. The van der Waals surface area contributed by atoms with Crippen LogP contribution < -0.4 is 10.5 Å². The van der Waals surface area contributed by atoms with Gasteiger partial charge in [-0.2, -0.15) is 0 Å². The monoisotopic (exact) mass is 306 g/mol. The number of nitrogens with zero attached hydrogens (tertiary/aromatic N) is 1. The first-order valence-electron chi connectivity index (χ1n) is 6.37. The molecule has 6 heteroatoms. The van der Waals surface area contributed by atoms with Crippen LogP contribution in [0.2, 0.25) is 5.02 Å². The van der Waals surface area contributed by atoms with Crippen LogP contribution in [0.3, 0.4) is 0 Å². The van der Waals surface area contributed by atoms with Gasteiger partial charge in [-0.25, -0.2) is 0 Å². The normalized spacial score (nSPS) is 12.0. The number of ether oxygens (including phenoxy) is 1. The lowest BCUT2D eigenvalue weighted by Gasteiger charge is -2.12. The highest BCUT2D eigenvalue weighted by Crippen LogP contribution is 2.37. The topological polar surface area (TPSA) is 78.4 Å². The molecule has 2 aromatic carbocycles. The molecular formula is C15H15ClN2O3. The molecule has 2 aromatic rings. The van der Waals surface area contributed by atoms with Crippen molar-refractivity contribution >= 4 is 17.3 Å². The van der Waals surface area contributed by atoms with Gasteiger partial charge in [0.25, 0.3) is 0 Å². The van der Waals surface area contributed by atoms with Gasteiger partial charge in [0.15, 0.2) is 0 Å². The van der Waals surface area contributed by atoms with Crippen molar-refractivity contribution in [2.45, 2.75) is 19.9 Å². The molecule has 0 spiro atoms. The molecule has 0 aliphatic carbocycles. The SMILES string of the molecule is Cc1cccc([N+](=O)[O-])c1Oc1ccc([C@@H](C)N)cc1Cl. The van der Waals surface area contributed by atoms with E-state index in [0.717, 1.165) is 5.56 Å².